The van der Waals surface area contributed by atoms with Crippen LogP contribution in [0.1, 0.15) is 19.8 Å². The van der Waals surface area contributed by atoms with Crippen LogP contribution in [0.4, 0.5) is 22.7 Å². The number of benzene rings is 2. The van der Waals surface area contributed by atoms with Gasteiger partial charge in [0.05, 0.1) is 10.6 Å². The normalized spacial score (nSPS) is 17.2. The summed E-state index contributed by atoms with van der Waals surface area (Å²) in [5.74, 6) is 0.645. The van der Waals surface area contributed by atoms with E-state index in [9.17, 15) is 15.2 Å². The van der Waals surface area contributed by atoms with Crippen LogP contribution in [0.5, 0.6) is 5.75 Å². The standard InChI is InChI=1S/C18H19N5O4/c1-11-3-2-8-22(10-11)15-9-14(19-12-4-6-13(24)7-5-12)18(23(25)26)17-16(15)20-27-21-17/h4-7,9,11,19,24H,2-3,8,10H2,1H3. The number of anilines is 3. The molecule has 1 aliphatic heterocycles. The van der Waals surface area contributed by atoms with E-state index in [0.29, 0.717) is 22.8 Å². The van der Waals surface area contributed by atoms with Gasteiger partial charge >= 0.3 is 5.69 Å². The summed E-state index contributed by atoms with van der Waals surface area (Å²) < 4.78 is 4.84. The van der Waals surface area contributed by atoms with Gasteiger partial charge in [0, 0.05) is 18.8 Å². The number of phenols is 1. The van der Waals surface area contributed by atoms with Crippen molar-refractivity contribution in [2.24, 2.45) is 5.92 Å². The van der Waals surface area contributed by atoms with Crippen molar-refractivity contribution in [2.75, 3.05) is 23.3 Å². The van der Waals surface area contributed by atoms with Crippen molar-refractivity contribution in [2.45, 2.75) is 19.8 Å². The molecule has 1 aliphatic rings. The number of nitrogens with zero attached hydrogens (tertiary/aromatic N) is 4. The molecule has 9 heteroatoms. The molecule has 2 N–H and O–H groups in total. The van der Waals surface area contributed by atoms with Gasteiger partial charge < -0.3 is 15.3 Å². The average Bonchev–Trinajstić information content (AvgIpc) is 3.12. The summed E-state index contributed by atoms with van der Waals surface area (Å²) in [6.45, 7) is 3.88. The van der Waals surface area contributed by atoms with Gasteiger partial charge in [-0.25, -0.2) is 4.63 Å². The third-order valence-electron chi connectivity index (χ3n) is 4.82. The summed E-state index contributed by atoms with van der Waals surface area (Å²) in [6.07, 6.45) is 2.20. The summed E-state index contributed by atoms with van der Waals surface area (Å²) in [6, 6.07) is 8.05. The molecule has 1 unspecified atom stereocenters. The highest BCUT2D eigenvalue weighted by Gasteiger charge is 2.29. The molecule has 9 nitrogen and oxygen atoms in total. The second-order valence-corrected chi connectivity index (χ2v) is 6.88. The number of fused-ring (bicyclic) bond motifs is 1. The molecule has 0 bridgehead atoms. The smallest absolute Gasteiger partial charge is 0.324 e. The van der Waals surface area contributed by atoms with E-state index in [1.54, 1.807) is 18.2 Å². The number of nitrogens with one attached hydrogen (secondary N) is 1. The molecule has 1 atom stereocenters. The predicted octanol–water partition coefficient (Wildman–Crippen LogP) is 3.82. The van der Waals surface area contributed by atoms with E-state index in [1.807, 2.05) is 0 Å². The third kappa shape index (κ3) is 3.23. The SMILES string of the molecule is CC1CCCN(c2cc(Nc3ccc(O)cc3)c([N+](=O)[O-])c3nonc23)C1. The second kappa shape index (κ2) is 6.75. The Labute approximate surface area is 154 Å². The number of nitro benzene ring substituents is 1. The van der Waals surface area contributed by atoms with Gasteiger partial charge in [-0.2, -0.15) is 0 Å². The fourth-order valence-electron chi connectivity index (χ4n) is 3.54. The van der Waals surface area contributed by atoms with Crippen molar-refractivity contribution >= 4 is 33.8 Å². The Bertz CT molecular complexity index is 985. The summed E-state index contributed by atoms with van der Waals surface area (Å²) in [5, 5.41) is 32.0. The number of piperidine rings is 1. The second-order valence-electron chi connectivity index (χ2n) is 6.88. The first-order valence-corrected chi connectivity index (χ1v) is 8.77. The Kier molecular flexibility index (Phi) is 4.27. The maximum Gasteiger partial charge on any atom is 0.324 e. The Morgan fingerprint density at radius 2 is 2.04 bits per heavy atom. The Hall–Kier alpha value is -3.36. The highest BCUT2D eigenvalue weighted by atomic mass is 16.6. The first kappa shape index (κ1) is 17.1. The lowest BCUT2D eigenvalue weighted by Crippen LogP contribution is -2.34. The molecule has 0 spiro atoms. The first-order valence-electron chi connectivity index (χ1n) is 8.77. The van der Waals surface area contributed by atoms with E-state index in [2.05, 4.69) is 27.5 Å². The highest BCUT2D eigenvalue weighted by molar-refractivity contribution is 6.00. The van der Waals surface area contributed by atoms with Gasteiger partial charge in [-0.05, 0) is 59.4 Å². The molecule has 140 valence electrons. The lowest BCUT2D eigenvalue weighted by atomic mass is 9.99. The molecule has 0 saturated carbocycles. The van der Waals surface area contributed by atoms with E-state index < -0.39 is 4.92 Å². The van der Waals surface area contributed by atoms with Crippen LogP contribution in [-0.4, -0.2) is 33.4 Å². The minimum Gasteiger partial charge on any atom is -0.508 e. The lowest BCUT2D eigenvalue weighted by molar-refractivity contribution is -0.382. The minimum absolute atomic E-state index is 0.120. The average molecular weight is 369 g/mol. The molecule has 0 amide bonds. The molecule has 27 heavy (non-hydrogen) atoms. The molecular weight excluding hydrogens is 350 g/mol. The number of aromatic nitrogens is 2. The number of aromatic hydroxyl groups is 1. The zero-order valence-corrected chi connectivity index (χ0v) is 14.8. The van der Waals surface area contributed by atoms with Gasteiger partial charge in [0.15, 0.2) is 5.52 Å². The third-order valence-corrected chi connectivity index (χ3v) is 4.82. The number of nitro groups is 1. The number of hydrogen-bond acceptors (Lipinski definition) is 8. The molecular formula is C18H19N5O4. The van der Waals surface area contributed by atoms with Crippen molar-refractivity contribution in [3.05, 3.63) is 40.4 Å². The van der Waals surface area contributed by atoms with Crippen LogP contribution in [0.25, 0.3) is 11.0 Å². The van der Waals surface area contributed by atoms with E-state index in [-0.39, 0.29) is 17.0 Å². The summed E-state index contributed by atoms with van der Waals surface area (Å²) in [5.41, 5.74) is 2.02. The van der Waals surface area contributed by atoms with Crippen LogP contribution in [-0.2, 0) is 0 Å². The Balaban J connectivity index is 1.84. The molecule has 2 aromatic carbocycles. The molecule has 0 aliphatic carbocycles. The number of phenolic OH excluding ortho intramolecular Hbond substituents is 1. The van der Waals surface area contributed by atoms with Gasteiger partial charge in [-0.3, -0.25) is 10.1 Å². The molecule has 3 aromatic rings. The van der Waals surface area contributed by atoms with Crippen LogP contribution in [0.15, 0.2) is 35.0 Å². The van der Waals surface area contributed by atoms with Crippen LogP contribution in [0.2, 0.25) is 0 Å². The van der Waals surface area contributed by atoms with Crippen LogP contribution >= 0.6 is 0 Å². The van der Waals surface area contributed by atoms with Gasteiger partial charge in [0.25, 0.3) is 0 Å². The van der Waals surface area contributed by atoms with E-state index in [0.717, 1.165) is 31.6 Å². The topological polar surface area (TPSA) is 118 Å². The van der Waals surface area contributed by atoms with Crippen molar-refractivity contribution in [3.8, 4) is 5.75 Å². The molecule has 1 aromatic heterocycles. The van der Waals surface area contributed by atoms with Crippen molar-refractivity contribution in [1.82, 2.24) is 10.3 Å². The van der Waals surface area contributed by atoms with Crippen LogP contribution < -0.4 is 10.2 Å². The van der Waals surface area contributed by atoms with Crippen molar-refractivity contribution in [1.29, 1.82) is 0 Å². The first-order chi connectivity index (χ1) is 13.0. The molecule has 0 radical (unpaired) electrons. The zero-order valence-electron chi connectivity index (χ0n) is 14.8. The quantitative estimate of drug-likeness (QED) is 0.405. The maximum absolute atomic E-state index is 11.7. The fraction of sp³-hybridized carbons (Fsp3) is 0.333. The van der Waals surface area contributed by atoms with Gasteiger partial charge in [0.2, 0.25) is 5.52 Å². The molecule has 4 rings (SSSR count). The minimum atomic E-state index is -0.488. The zero-order chi connectivity index (χ0) is 19.0. The van der Waals surface area contributed by atoms with E-state index in [4.69, 9.17) is 4.63 Å². The van der Waals surface area contributed by atoms with Gasteiger partial charge in [0.1, 0.15) is 11.4 Å². The van der Waals surface area contributed by atoms with Gasteiger partial charge in [-0.15, -0.1) is 0 Å². The summed E-state index contributed by atoms with van der Waals surface area (Å²) >= 11 is 0. The van der Waals surface area contributed by atoms with E-state index >= 15 is 0 Å². The molecule has 2 heterocycles. The molecule has 1 fully saturated rings. The van der Waals surface area contributed by atoms with Gasteiger partial charge in [-0.1, -0.05) is 6.92 Å². The monoisotopic (exact) mass is 369 g/mol. The highest BCUT2D eigenvalue weighted by Crippen LogP contribution is 2.40. The Morgan fingerprint density at radius 3 is 2.74 bits per heavy atom. The maximum atomic E-state index is 11.7. The Morgan fingerprint density at radius 1 is 1.30 bits per heavy atom. The van der Waals surface area contributed by atoms with Crippen LogP contribution in [0.3, 0.4) is 0 Å². The fourth-order valence-corrected chi connectivity index (χ4v) is 3.54. The molecule has 1 saturated heterocycles. The number of rotatable bonds is 4. The van der Waals surface area contributed by atoms with Crippen LogP contribution in [0, 0.1) is 16.0 Å². The largest absolute Gasteiger partial charge is 0.508 e. The lowest BCUT2D eigenvalue weighted by Gasteiger charge is -2.32. The summed E-state index contributed by atoms with van der Waals surface area (Å²) in [7, 11) is 0. The summed E-state index contributed by atoms with van der Waals surface area (Å²) in [4.78, 5) is 13.4. The predicted molar refractivity (Wildman–Crippen MR) is 100 cm³/mol. The van der Waals surface area contributed by atoms with E-state index in [1.165, 1.54) is 12.1 Å². The van der Waals surface area contributed by atoms with Crippen molar-refractivity contribution in [3.63, 3.8) is 0 Å². The number of hydrogen-bond donors (Lipinski definition) is 2. The van der Waals surface area contributed by atoms with Crippen molar-refractivity contribution < 1.29 is 14.7 Å².